The monoisotopic (exact) mass is 395 g/mol. The number of benzene rings is 1. The molecular formula is C21H25N5O3. The van der Waals surface area contributed by atoms with Crippen LogP contribution in [0.2, 0.25) is 0 Å². The van der Waals surface area contributed by atoms with Gasteiger partial charge in [0, 0.05) is 25.2 Å². The number of aromatic nitrogens is 2. The summed E-state index contributed by atoms with van der Waals surface area (Å²) >= 11 is 0. The van der Waals surface area contributed by atoms with Gasteiger partial charge >= 0.3 is 0 Å². The lowest BCUT2D eigenvalue weighted by Gasteiger charge is -2.25. The molecule has 1 aromatic carbocycles. The van der Waals surface area contributed by atoms with E-state index in [9.17, 15) is 14.4 Å². The molecule has 8 heteroatoms. The van der Waals surface area contributed by atoms with Gasteiger partial charge < -0.3 is 15.5 Å². The Hall–Kier alpha value is -3.16. The summed E-state index contributed by atoms with van der Waals surface area (Å²) in [6.07, 6.45) is 1.98. The minimum atomic E-state index is -0.882. The third kappa shape index (κ3) is 3.87. The van der Waals surface area contributed by atoms with E-state index in [0.717, 1.165) is 25.9 Å². The van der Waals surface area contributed by atoms with E-state index in [1.165, 1.54) is 5.56 Å². The van der Waals surface area contributed by atoms with Crippen molar-refractivity contribution in [2.45, 2.75) is 44.9 Å². The van der Waals surface area contributed by atoms with E-state index >= 15 is 0 Å². The van der Waals surface area contributed by atoms with Crippen molar-refractivity contribution in [3.05, 3.63) is 45.7 Å². The summed E-state index contributed by atoms with van der Waals surface area (Å²) in [6, 6.07) is 7.57. The van der Waals surface area contributed by atoms with Crippen molar-refractivity contribution in [1.29, 1.82) is 0 Å². The summed E-state index contributed by atoms with van der Waals surface area (Å²) in [7, 11) is 0. The third-order valence-electron chi connectivity index (χ3n) is 5.51. The molecule has 0 aliphatic carbocycles. The maximum atomic E-state index is 12.9. The maximum Gasteiger partial charge on any atom is 0.258 e. The number of carbonyl (C=O) groups is 2. The van der Waals surface area contributed by atoms with Crippen LogP contribution >= 0.6 is 0 Å². The molecule has 1 aromatic heterocycles. The smallest absolute Gasteiger partial charge is 0.258 e. The van der Waals surface area contributed by atoms with Crippen molar-refractivity contribution < 1.29 is 9.59 Å². The second-order valence-corrected chi connectivity index (χ2v) is 7.92. The molecule has 3 N–H and O–H groups in total. The number of amides is 2. The van der Waals surface area contributed by atoms with Crippen LogP contribution in [0.4, 0.5) is 17.5 Å². The Morgan fingerprint density at radius 2 is 1.86 bits per heavy atom. The fourth-order valence-electron chi connectivity index (χ4n) is 3.84. The van der Waals surface area contributed by atoms with Crippen LogP contribution in [-0.2, 0) is 9.59 Å². The lowest BCUT2D eigenvalue weighted by Crippen LogP contribution is -2.37. The topological polar surface area (TPSA) is 107 Å². The van der Waals surface area contributed by atoms with E-state index in [-0.39, 0.29) is 35.2 Å². The highest BCUT2D eigenvalue weighted by atomic mass is 16.2. The molecule has 2 amide bonds. The molecule has 3 heterocycles. The van der Waals surface area contributed by atoms with Gasteiger partial charge in [-0.25, -0.2) is 0 Å². The molecule has 8 nitrogen and oxygen atoms in total. The van der Waals surface area contributed by atoms with Gasteiger partial charge in [-0.15, -0.1) is 0 Å². The summed E-state index contributed by atoms with van der Waals surface area (Å²) < 4.78 is 0. The Balaban J connectivity index is 1.61. The molecule has 0 saturated carbocycles. The highest BCUT2D eigenvalue weighted by Gasteiger charge is 2.35. The number of hydrogen-bond acceptors (Lipinski definition) is 5. The van der Waals surface area contributed by atoms with E-state index in [1.807, 2.05) is 29.2 Å². The first kappa shape index (κ1) is 19.2. The van der Waals surface area contributed by atoms with Crippen molar-refractivity contribution >= 4 is 29.3 Å². The van der Waals surface area contributed by atoms with Gasteiger partial charge in [-0.3, -0.25) is 19.4 Å². The highest BCUT2D eigenvalue weighted by Crippen LogP contribution is 2.31. The Labute approximate surface area is 168 Å². The van der Waals surface area contributed by atoms with Crippen LogP contribution in [0.15, 0.2) is 29.1 Å². The zero-order valence-electron chi connectivity index (χ0n) is 16.6. The molecule has 2 aromatic rings. The average Bonchev–Trinajstić information content (AvgIpc) is 3.22. The molecule has 29 heavy (non-hydrogen) atoms. The van der Waals surface area contributed by atoms with Gasteiger partial charge in [0.15, 0.2) is 0 Å². The molecule has 2 aliphatic rings. The average molecular weight is 395 g/mol. The summed E-state index contributed by atoms with van der Waals surface area (Å²) in [5.41, 5.74) is 1.63. The summed E-state index contributed by atoms with van der Waals surface area (Å²) in [5, 5.41) is 5.48. The molecule has 152 valence electrons. The van der Waals surface area contributed by atoms with Gasteiger partial charge in [-0.05, 0) is 36.5 Å². The Morgan fingerprint density at radius 1 is 1.17 bits per heavy atom. The first-order chi connectivity index (χ1) is 13.9. The quantitative estimate of drug-likeness (QED) is 0.738. The Bertz CT molecular complexity index is 990. The number of anilines is 3. The largest absolute Gasteiger partial charge is 0.342 e. The van der Waals surface area contributed by atoms with Crippen LogP contribution < -0.4 is 21.1 Å². The number of hydrogen-bond donors (Lipinski definition) is 3. The van der Waals surface area contributed by atoms with E-state index < -0.39 is 5.92 Å². The van der Waals surface area contributed by atoms with Gasteiger partial charge in [-0.1, -0.05) is 26.0 Å². The van der Waals surface area contributed by atoms with Gasteiger partial charge in [0.2, 0.25) is 17.8 Å². The first-order valence-electron chi connectivity index (χ1n) is 10.0. The Morgan fingerprint density at radius 3 is 2.52 bits per heavy atom. The third-order valence-corrected chi connectivity index (χ3v) is 5.51. The van der Waals surface area contributed by atoms with Gasteiger partial charge in [0.1, 0.15) is 5.82 Å². The van der Waals surface area contributed by atoms with E-state index in [0.29, 0.717) is 17.6 Å². The summed E-state index contributed by atoms with van der Waals surface area (Å²) in [5.74, 6) is -0.576. The Kier molecular flexibility index (Phi) is 5.08. The molecule has 1 atom stereocenters. The van der Waals surface area contributed by atoms with Crippen molar-refractivity contribution in [1.82, 2.24) is 9.97 Å². The molecule has 1 fully saturated rings. The van der Waals surface area contributed by atoms with Crippen molar-refractivity contribution in [2.24, 2.45) is 0 Å². The van der Waals surface area contributed by atoms with Crippen LogP contribution in [0.1, 0.15) is 56.1 Å². The zero-order chi connectivity index (χ0) is 20.5. The molecule has 0 radical (unpaired) electrons. The van der Waals surface area contributed by atoms with Crippen molar-refractivity contribution in [3.8, 4) is 0 Å². The van der Waals surface area contributed by atoms with Crippen LogP contribution in [-0.4, -0.2) is 34.9 Å². The van der Waals surface area contributed by atoms with Crippen LogP contribution in [0, 0.1) is 0 Å². The number of carbonyl (C=O) groups excluding carboxylic acids is 2. The molecule has 0 bridgehead atoms. The van der Waals surface area contributed by atoms with E-state index in [1.54, 1.807) is 0 Å². The highest BCUT2D eigenvalue weighted by molar-refractivity contribution is 6.04. The molecule has 4 rings (SSSR count). The fraction of sp³-hybridized carbons (Fsp3) is 0.429. The van der Waals surface area contributed by atoms with Gasteiger partial charge in [0.25, 0.3) is 5.56 Å². The predicted molar refractivity (Wildman–Crippen MR) is 111 cm³/mol. The second-order valence-electron chi connectivity index (χ2n) is 7.92. The fourth-order valence-corrected chi connectivity index (χ4v) is 3.84. The normalized spacial score (nSPS) is 18.5. The molecular weight excluding hydrogens is 370 g/mol. The maximum absolute atomic E-state index is 12.9. The summed E-state index contributed by atoms with van der Waals surface area (Å²) in [6.45, 7) is 5.82. The zero-order valence-corrected chi connectivity index (χ0v) is 16.6. The number of nitrogens with zero attached hydrogens (tertiary/aromatic N) is 2. The second kappa shape index (κ2) is 7.69. The van der Waals surface area contributed by atoms with Crippen LogP contribution in [0.25, 0.3) is 0 Å². The van der Waals surface area contributed by atoms with Gasteiger partial charge in [-0.2, -0.15) is 4.98 Å². The first-order valence-corrected chi connectivity index (χ1v) is 10.0. The minimum Gasteiger partial charge on any atom is -0.342 e. The van der Waals surface area contributed by atoms with E-state index in [4.69, 9.17) is 0 Å². The molecule has 2 aliphatic heterocycles. The van der Waals surface area contributed by atoms with Crippen molar-refractivity contribution in [2.75, 3.05) is 28.6 Å². The predicted octanol–water partition coefficient (Wildman–Crippen LogP) is 2.56. The van der Waals surface area contributed by atoms with Crippen LogP contribution in [0.5, 0.6) is 0 Å². The molecule has 1 saturated heterocycles. The standard InChI is InChI=1S/C21H25N5O3/c1-12(2)13-5-7-14(8-6-13)22-19(28)15-11-16(27)23-18-17(15)20(29)25-21(24-18)26-9-3-4-10-26/h5-8,12,15H,3-4,9-11H2,1-2H3,(H,22,28)(H2,23,24,25,27,29)/t15-/m0/s1. The number of rotatable bonds is 4. The number of nitrogens with one attached hydrogen (secondary N) is 3. The van der Waals surface area contributed by atoms with E-state index in [2.05, 4.69) is 34.4 Å². The lowest BCUT2D eigenvalue weighted by molar-refractivity contribution is -0.123. The summed E-state index contributed by atoms with van der Waals surface area (Å²) in [4.78, 5) is 47.1. The lowest BCUT2D eigenvalue weighted by atomic mass is 9.92. The molecule has 0 unspecified atom stereocenters. The number of fused-ring (bicyclic) bond motifs is 1. The SMILES string of the molecule is CC(C)c1ccc(NC(=O)[C@H]2CC(=O)Nc3nc(N4CCCC4)[nH]c(=O)c32)cc1. The number of aromatic amines is 1. The van der Waals surface area contributed by atoms with Crippen molar-refractivity contribution in [3.63, 3.8) is 0 Å². The molecule has 0 spiro atoms. The number of H-pyrrole nitrogens is 1. The van der Waals surface area contributed by atoms with Crippen LogP contribution in [0.3, 0.4) is 0 Å². The minimum absolute atomic E-state index is 0.0866. The van der Waals surface area contributed by atoms with Gasteiger partial charge in [0.05, 0.1) is 11.5 Å².